The third kappa shape index (κ3) is 3.35. The van der Waals surface area contributed by atoms with Gasteiger partial charge in [-0.3, -0.25) is 15.1 Å². The minimum atomic E-state index is -0.563. The summed E-state index contributed by atoms with van der Waals surface area (Å²) in [6.07, 6.45) is 2.77. The first-order valence-corrected chi connectivity index (χ1v) is 5.76. The third-order valence-corrected chi connectivity index (χ3v) is 2.55. The summed E-state index contributed by atoms with van der Waals surface area (Å²) >= 11 is 5.63. The molecule has 2 aromatic heterocycles. The molecule has 7 nitrogen and oxygen atoms in total. The first-order valence-electron chi connectivity index (χ1n) is 5.38. The van der Waals surface area contributed by atoms with Crippen molar-refractivity contribution >= 4 is 23.1 Å². The molecule has 0 aliphatic heterocycles. The number of anilines is 1. The highest BCUT2D eigenvalue weighted by Gasteiger charge is 2.16. The fourth-order valence-corrected chi connectivity index (χ4v) is 1.54. The molecule has 0 unspecified atom stereocenters. The van der Waals surface area contributed by atoms with Gasteiger partial charge in [0.25, 0.3) is 0 Å². The molecule has 0 amide bonds. The van der Waals surface area contributed by atoms with Gasteiger partial charge in [0.15, 0.2) is 0 Å². The van der Waals surface area contributed by atoms with Gasteiger partial charge in [0, 0.05) is 18.4 Å². The van der Waals surface area contributed by atoms with Gasteiger partial charge in [-0.05, 0) is 30.2 Å². The summed E-state index contributed by atoms with van der Waals surface area (Å²) in [6, 6.07) is 3.74. The average Bonchev–Trinajstić information content (AvgIpc) is 2.38. The Labute approximate surface area is 113 Å². The van der Waals surface area contributed by atoms with Crippen LogP contribution in [-0.4, -0.2) is 19.9 Å². The zero-order chi connectivity index (χ0) is 13.8. The second-order valence-electron chi connectivity index (χ2n) is 3.79. The smallest absolute Gasteiger partial charge is 0.329 e. The van der Waals surface area contributed by atoms with E-state index in [2.05, 4.69) is 20.3 Å². The lowest BCUT2D eigenvalue weighted by Crippen LogP contribution is -2.06. The van der Waals surface area contributed by atoms with E-state index in [0.29, 0.717) is 6.54 Å². The van der Waals surface area contributed by atoms with Crippen LogP contribution in [0.1, 0.15) is 11.3 Å². The first-order chi connectivity index (χ1) is 9.06. The molecule has 0 bridgehead atoms. The van der Waals surface area contributed by atoms with Gasteiger partial charge in [0.05, 0.1) is 4.92 Å². The maximum absolute atomic E-state index is 10.8. The summed E-state index contributed by atoms with van der Waals surface area (Å²) in [5.41, 5.74) is 1.57. The number of halogens is 1. The molecule has 2 heterocycles. The zero-order valence-corrected chi connectivity index (χ0v) is 10.8. The molecule has 19 heavy (non-hydrogen) atoms. The van der Waals surface area contributed by atoms with Crippen LogP contribution in [0.15, 0.2) is 24.5 Å². The van der Waals surface area contributed by atoms with Gasteiger partial charge < -0.3 is 5.32 Å². The maximum Gasteiger partial charge on any atom is 0.329 e. The van der Waals surface area contributed by atoms with E-state index in [4.69, 9.17) is 11.6 Å². The van der Waals surface area contributed by atoms with E-state index in [9.17, 15) is 10.1 Å². The van der Waals surface area contributed by atoms with Crippen LogP contribution in [0.25, 0.3) is 0 Å². The molecule has 0 aliphatic carbocycles. The highest BCUT2D eigenvalue weighted by atomic mass is 35.5. The number of nitro groups is 1. The molecule has 98 valence electrons. The number of hydrogen-bond acceptors (Lipinski definition) is 6. The van der Waals surface area contributed by atoms with Crippen LogP contribution in [0.5, 0.6) is 0 Å². The zero-order valence-electron chi connectivity index (χ0n) is 10.00. The molecule has 8 heteroatoms. The van der Waals surface area contributed by atoms with Crippen molar-refractivity contribution in [1.82, 2.24) is 15.0 Å². The Hall–Kier alpha value is -2.28. The quantitative estimate of drug-likeness (QED) is 0.524. The molecule has 0 aromatic carbocycles. The lowest BCUT2D eigenvalue weighted by molar-refractivity contribution is -0.384. The summed E-state index contributed by atoms with van der Waals surface area (Å²) in [7, 11) is 0. The summed E-state index contributed by atoms with van der Waals surface area (Å²) in [6.45, 7) is 2.24. The van der Waals surface area contributed by atoms with Crippen LogP contribution in [-0.2, 0) is 6.54 Å². The van der Waals surface area contributed by atoms with Crippen LogP contribution in [0.4, 0.5) is 11.5 Å². The van der Waals surface area contributed by atoms with Crippen molar-refractivity contribution in [1.29, 1.82) is 0 Å². The SMILES string of the molecule is Cc1ccc(CNc2nc(Cl)ncc2[N+](=O)[O-])cn1. The highest BCUT2D eigenvalue weighted by Crippen LogP contribution is 2.22. The first kappa shape index (κ1) is 13.2. The second-order valence-corrected chi connectivity index (χ2v) is 4.13. The standard InChI is InChI=1S/C11H10ClN5O2/c1-7-2-3-8(4-13-7)5-14-10-9(17(18)19)6-15-11(12)16-10/h2-4,6H,5H2,1H3,(H,14,15,16). The van der Waals surface area contributed by atoms with Gasteiger partial charge >= 0.3 is 5.69 Å². The van der Waals surface area contributed by atoms with E-state index in [1.54, 1.807) is 6.20 Å². The predicted octanol–water partition coefficient (Wildman–Crippen LogP) is 2.35. The van der Waals surface area contributed by atoms with Crippen LogP contribution < -0.4 is 5.32 Å². The molecule has 2 rings (SSSR count). The van der Waals surface area contributed by atoms with Gasteiger partial charge in [-0.1, -0.05) is 6.07 Å². The number of nitrogens with zero attached hydrogens (tertiary/aromatic N) is 4. The monoisotopic (exact) mass is 279 g/mol. The topological polar surface area (TPSA) is 93.8 Å². The Kier molecular flexibility index (Phi) is 3.86. The molecule has 0 atom stereocenters. The molecule has 0 spiro atoms. The van der Waals surface area contributed by atoms with Crippen LogP contribution in [0.3, 0.4) is 0 Å². The lowest BCUT2D eigenvalue weighted by atomic mass is 10.2. The molecule has 0 radical (unpaired) electrons. The Morgan fingerprint density at radius 2 is 2.16 bits per heavy atom. The minimum absolute atomic E-state index is 0.0462. The van der Waals surface area contributed by atoms with Gasteiger partial charge in [0.2, 0.25) is 11.1 Å². The lowest BCUT2D eigenvalue weighted by Gasteiger charge is -2.06. The largest absolute Gasteiger partial charge is 0.360 e. The second kappa shape index (κ2) is 5.57. The fourth-order valence-electron chi connectivity index (χ4n) is 1.41. The Balaban J connectivity index is 2.16. The predicted molar refractivity (Wildman–Crippen MR) is 70.0 cm³/mol. The summed E-state index contributed by atoms with van der Waals surface area (Å²) in [4.78, 5) is 21.8. The number of pyridine rings is 1. The Bertz CT molecular complexity index is 603. The van der Waals surface area contributed by atoms with Gasteiger partial charge in [-0.2, -0.15) is 4.98 Å². The van der Waals surface area contributed by atoms with E-state index in [0.717, 1.165) is 17.5 Å². The summed E-state index contributed by atoms with van der Waals surface area (Å²) in [5, 5.41) is 13.6. The molecular formula is C11H10ClN5O2. The van der Waals surface area contributed by atoms with E-state index < -0.39 is 4.92 Å². The fraction of sp³-hybridized carbons (Fsp3) is 0.182. The van der Waals surface area contributed by atoms with Crippen LogP contribution >= 0.6 is 11.6 Å². The molecule has 0 fully saturated rings. The van der Waals surface area contributed by atoms with Crippen molar-refractivity contribution < 1.29 is 4.92 Å². The van der Waals surface area contributed by atoms with Crippen LogP contribution in [0.2, 0.25) is 5.28 Å². The molecular weight excluding hydrogens is 270 g/mol. The van der Waals surface area contributed by atoms with Crippen molar-refractivity contribution in [2.24, 2.45) is 0 Å². The van der Waals surface area contributed by atoms with Gasteiger partial charge in [-0.25, -0.2) is 4.98 Å². The minimum Gasteiger partial charge on any atom is -0.360 e. The summed E-state index contributed by atoms with van der Waals surface area (Å²) in [5.74, 6) is 0.0885. The van der Waals surface area contributed by atoms with Crippen molar-refractivity contribution in [3.05, 3.63) is 51.2 Å². The van der Waals surface area contributed by atoms with Crippen molar-refractivity contribution in [2.75, 3.05) is 5.32 Å². The maximum atomic E-state index is 10.8. The summed E-state index contributed by atoms with van der Waals surface area (Å²) < 4.78 is 0. The number of nitrogens with one attached hydrogen (secondary N) is 1. The van der Waals surface area contributed by atoms with E-state index in [1.165, 1.54) is 0 Å². The van der Waals surface area contributed by atoms with Crippen molar-refractivity contribution in [2.45, 2.75) is 13.5 Å². The van der Waals surface area contributed by atoms with E-state index in [-0.39, 0.29) is 16.8 Å². The van der Waals surface area contributed by atoms with E-state index in [1.807, 2.05) is 19.1 Å². The highest BCUT2D eigenvalue weighted by molar-refractivity contribution is 6.28. The molecule has 2 aromatic rings. The normalized spacial score (nSPS) is 10.2. The number of aromatic nitrogens is 3. The molecule has 0 saturated carbocycles. The van der Waals surface area contributed by atoms with Crippen molar-refractivity contribution in [3.8, 4) is 0 Å². The molecule has 0 aliphatic rings. The third-order valence-electron chi connectivity index (χ3n) is 2.37. The molecule has 1 N–H and O–H groups in total. The van der Waals surface area contributed by atoms with Gasteiger partial charge in [0.1, 0.15) is 6.20 Å². The van der Waals surface area contributed by atoms with Crippen LogP contribution in [0, 0.1) is 17.0 Å². The Morgan fingerprint density at radius 3 is 2.79 bits per heavy atom. The molecule has 0 saturated heterocycles. The van der Waals surface area contributed by atoms with Gasteiger partial charge in [-0.15, -0.1) is 0 Å². The van der Waals surface area contributed by atoms with Crippen molar-refractivity contribution in [3.63, 3.8) is 0 Å². The Morgan fingerprint density at radius 1 is 1.37 bits per heavy atom. The number of hydrogen-bond donors (Lipinski definition) is 1. The number of aryl methyl sites for hydroxylation is 1. The van der Waals surface area contributed by atoms with E-state index >= 15 is 0 Å². The number of rotatable bonds is 4. The average molecular weight is 280 g/mol.